The van der Waals surface area contributed by atoms with Gasteiger partial charge in [0.1, 0.15) is 5.76 Å². The average molecular weight is 512 g/mol. The van der Waals surface area contributed by atoms with Crippen molar-refractivity contribution in [3.8, 4) is 0 Å². The fraction of sp³-hybridized carbons (Fsp3) is 0.875. The topological polar surface area (TPSA) is 72.6 Å². The molecular weight excluding hydrogens is 462 g/mol. The summed E-state index contributed by atoms with van der Waals surface area (Å²) in [6, 6.07) is 0. The fourth-order valence-corrected chi connectivity index (χ4v) is 11.9. The minimum absolute atomic E-state index is 0.0159. The lowest BCUT2D eigenvalue weighted by Gasteiger charge is -2.73. The molecule has 1 aromatic rings. The molecule has 5 nitrogen and oxygen atoms in total. The molecule has 4 saturated carbocycles. The molecule has 206 valence electrons. The molecule has 1 heterocycles. The highest BCUT2D eigenvalue weighted by molar-refractivity contribution is 5.77. The van der Waals surface area contributed by atoms with Crippen molar-refractivity contribution in [2.75, 3.05) is 7.11 Å². The molecular formula is C32H49NO4. The number of ether oxygens (including phenoxy) is 1. The zero-order valence-corrected chi connectivity index (χ0v) is 24.4. The molecule has 0 spiro atoms. The zero-order chi connectivity index (χ0) is 26.8. The van der Waals surface area contributed by atoms with E-state index in [0.29, 0.717) is 11.8 Å². The maximum Gasteiger partial charge on any atom is 0.312 e. The van der Waals surface area contributed by atoms with E-state index in [-0.39, 0.29) is 44.9 Å². The molecule has 5 aliphatic carbocycles. The molecule has 0 aliphatic heterocycles. The van der Waals surface area contributed by atoms with E-state index in [0.717, 1.165) is 50.7 Å². The average Bonchev–Trinajstić information content (AvgIpc) is 3.28. The van der Waals surface area contributed by atoms with Gasteiger partial charge in [-0.1, -0.05) is 53.6 Å². The molecule has 5 heteroatoms. The fourth-order valence-electron chi connectivity index (χ4n) is 11.9. The Hall–Kier alpha value is -1.36. The standard InChI is InChI=1S/C32H49NO4/c1-27(2)11-13-32(26(35)36-8)14-12-31(7)24(20(32)17-27)21(34)15-23-29(5)16-19-18-33-37-25(19)28(3,4)22(29)9-10-30(23,31)6/h18,20-24,34H,9-17H2,1-8H3/t20-,21-,22-,23+,24-,29-,30+,31+,32-/m0/s1. The first-order valence-corrected chi connectivity index (χ1v) is 14.9. The summed E-state index contributed by atoms with van der Waals surface area (Å²) in [5.74, 6) is 2.26. The molecule has 4 fully saturated rings. The number of methoxy groups -OCH3 is 1. The molecule has 1 aromatic heterocycles. The van der Waals surface area contributed by atoms with Gasteiger partial charge in [0.2, 0.25) is 0 Å². The number of hydrogen-bond acceptors (Lipinski definition) is 5. The summed E-state index contributed by atoms with van der Waals surface area (Å²) in [6.45, 7) is 17.0. The number of carbonyl (C=O) groups excluding carboxylic acids is 1. The normalized spacial score (nSPS) is 49.5. The van der Waals surface area contributed by atoms with Crippen molar-refractivity contribution >= 4 is 5.97 Å². The number of hydrogen-bond donors (Lipinski definition) is 1. The van der Waals surface area contributed by atoms with Gasteiger partial charge in [0, 0.05) is 11.0 Å². The van der Waals surface area contributed by atoms with Gasteiger partial charge in [-0.3, -0.25) is 4.79 Å². The van der Waals surface area contributed by atoms with Gasteiger partial charge in [0.25, 0.3) is 0 Å². The Balaban J connectivity index is 1.45. The molecule has 5 aliphatic rings. The molecule has 37 heavy (non-hydrogen) atoms. The summed E-state index contributed by atoms with van der Waals surface area (Å²) in [4.78, 5) is 13.5. The van der Waals surface area contributed by atoms with Gasteiger partial charge in [-0.05, 0) is 103 Å². The largest absolute Gasteiger partial charge is 0.469 e. The van der Waals surface area contributed by atoms with Crippen LogP contribution in [0.4, 0.5) is 0 Å². The lowest BCUT2D eigenvalue weighted by molar-refractivity contribution is -0.266. The van der Waals surface area contributed by atoms with E-state index in [4.69, 9.17) is 9.26 Å². The number of esters is 1. The van der Waals surface area contributed by atoms with Crippen molar-refractivity contribution in [1.29, 1.82) is 0 Å². The highest BCUT2D eigenvalue weighted by Crippen LogP contribution is 2.76. The minimum atomic E-state index is -0.441. The van der Waals surface area contributed by atoms with Gasteiger partial charge < -0.3 is 14.4 Å². The summed E-state index contributed by atoms with van der Waals surface area (Å²) in [5, 5.41) is 16.4. The summed E-state index contributed by atoms with van der Waals surface area (Å²) in [6.07, 6.45) is 10.5. The zero-order valence-electron chi connectivity index (χ0n) is 24.4. The first kappa shape index (κ1) is 25.9. The van der Waals surface area contributed by atoms with E-state index < -0.39 is 11.5 Å². The Morgan fingerprint density at radius 1 is 1.00 bits per heavy atom. The summed E-state index contributed by atoms with van der Waals surface area (Å²) >= 11 is 0. The Bertz CT molecular complexity index is 1110. The SMILES string of the molecule is COC(=O)[C@]12CCC(C)(C)C[C@H]1[C@H]1[C@@H](O)C[C@@H]3[C@@]4(C)Cc5cnoc5C(C)(C)[C@@H]4CC[C@@]3(C)[C@]1(C)CC2. The van der Waals surface area contributed by atoms with E-state index in [9.17, 15) is 9.90 Å². The quantitative estimate of drug-likeness (QED) is 0.424. The van der Waals surface area contributed by atoms with E-state index in [1.165, 1.54) is 18.4 Å². The third-order valence-corrected chi connectivity index (χ3v) is 13.8. The number of aliphatic hydroxyl groups excluding tert-OH is 1. The van der Waals surface area contributed by atoms with Crippen LogP contribution in [0.1, 0.15) is 111 Å². The van der Waals surface area contributed by atoms with Crippen molar-refractivity contribution < 1.29 is 19.2 Å². The number of aliphatic hydroxyl groups is 1. The van der Waals surface area contributed by atoms with Crippen molar-refractivity contribution in [2.45, 2.75) is 118 Å². The van der Waals surface area contributed by atoms with Crippen LogP contribution in [-0.2, 0) is 21.4 Å². The summed E-state index contributed by atoms with van der Waals surface area (Å²) in [5.41, 5.74) is 1.10. The summed E-state index contributed by atoms with van der Waals surface area (Å²) < 4.78 is 11.3. The van der Waals surface area contributed by atoms with Gasteiger partial charge in [-0.15, -0.1) is 0 Å². The number of rotatable bonds is 1. The number of nitrogens with zero attached hydrogens (tertiary/aromatic N) is 1. The van der Waals surface area contributed by atoms with Crippen LogP contribution in [0.5, 0.6) is 0 Å². The van der Waals surface area contributed by atoms with Gasteiger partial charge in [-0.2, -0.15) is 0 Å². The highest BCUT2D eigenvalue weighted by Gasteiger charge is 2.73. The smallest absolute Gasteiger partial charge is 0.312 e. The monoisotopic (exact) mass is 511 g/mol. The van der Waals surface area contributed by atoms with Crippen molar-refractivity contribution in [2.24, 2.45) is 50.7 Å². The van der Waals surface area contributed by atoms with Crippen LogP contribution >= 0.6 is 0 Å². The third-order valence-electron chi connectivity index (χ3n) is 13.8. The van der Waals surface area contributed by atoms with E-state index in [2.05, 4.69) is 53.6 Å². The Morgan fingerprint density at radius 2 is 1.70 bits per heavy atom. The molecule has 0 aromatic carbocycles. The Labute approximate surface area is 223 Å². The maximum atomic E-state index is 13.5. The van der Waals surface area contributed by atoms with E-state index in [1.807, 2.05) is 6.20 Å². The third kappa shape index (κ3) is 3.07. The van der Waals surface area contributed by atoms with Crippen LogP contribution in [0, 0.1) is 50.7 Å². The Morgan fingerprint density at radius 3 is 2.41 bits per heavy atom. The molecule has 0 amide bonds. The summed E-state index contributed by atoms with van der Waals surface area (Å²) in [7, 11) is 1.56. The van der Waals surface area contributed by atoms with Gasteiger partial charge in [0.05, 0.1) is 24.8 Å². The molecule has 9 atom stereocenters. The van der Waals surface area contributed by atoms with Crippen LogP contribution in [0.25, 0.3) is 0 Å². The second-order valence-electron chi connectivity index (χ2n) is 16.0. The predicted molar refractivity (Wildman–Crippen MR) is 143 cm³/mol. The second-order valence-corrected chi connectivity index (χ2v) is 16.0. The van der Waals surface area contributed by atoms with Crippen LogP contribution in [0.3, 0.4) is 0 Å². The van der Waals surface area contributed by atoms with Gasteiger partial charge >= 0.3 is 5.97 Å². The first-order valence-electron chi connectivity index (χ1n) is 14.9. The van der Waals surface area contributed by atoms with Crippen molar-refractivity contribution in [3.63, 3.8) is 0 Å². The Kier molecular flexibility index (Phi) is 5.35. The van der Waals surface area contributed by atoms with Crippen LogP contribution < -0.4 is 0 Å². The molecule has 0 saturated heterocycles. The number of aromatic nitrogens is 1. The van der Waals surface area contributed by atoms with Crippen LogP contribution in [0.2, 0.25) is 0 Å². The number of fused-ring (bicyclic) bond motifs is 8. The van der Waals surface area contributed by atoms with Crippen LogP contribution in [0.15, 0.2) is 10.7 Å². The van der Waals surface area contributed by atoms with Crippen molar-refractivity contribution in [3.05, 3.63) is 17.5 Å². The lowest BCUT2D eigenvalue weighted by atomic mass is 9.31. The molecule has 0 bridgehead atoms. The highest BCUT2D eigenvalue weighted by atomic mass is 16.5. The molecule has 1 N–H and O–H groups in total. The number of carbonyl (C=O) groups is 1. The minimum Gasteiger partial charge on any atom is -0.469 e. The van der Waals surface area contributed by atoms with E-state index in [1.54, 1.807) is 7.11 Å². The second kappa shape index (κ2) is 7.64. The lowest BCUT2D eigenvalue weighted by Crippen LogP contribution is -2.70. The molecule has 0 radical (unpaired) electrons. The predicted octanol–water partition coefficient (Wildman–Crippen LogP) is 6.71. The van der Waals surface area contributed by atoms with Gasteiger partial charge in [-0.25, -0.2) is 0 Å². The van der Waals surface area contributed by atoms with Crippen LogP contribution in [-0.4, -0.2) is 29.4 Å². The molecule has 6 rings (SSSR count). The van der Waals surface area contributed by atoms with E-state index >= 15 is 0 Å². The van der Waals surface area contributed by atoms with Crippen molar-refractivity contribution in [1.82, 2.24) is 5.16 Å². The maximum absolute atomic E-state index is 13.5. The van der Waals surface area contributed by atoms with Gasteiger partial charge in [0.15, 0.2) is 0 Å². The molecule has 0 unspecified atom stereocenters. The first-order chi connectivity index (χ1) is 17.2.